The van der Waals surface area contributed by atoms with Crippen molar-refractivity contribution in [2.45, 2.75) is 19.1 Å². The summed E-state index contributed by atoms with van der Waals surface area (Å²) in [5, 5.41) is 11.2. The SMILES string of the molecule is Cc1cccc(OCCNC(=O)CSc2nnc(-c3ccccc3C)o2)c1. The van der Waals surface area contributed by atoms with Crippen LogP contribution in [0.5, 0.6) is 5.75 Å². The fourth-order valence-electron chi connectivity index (χ4n) is 2.43. The molecule has 0 spiro atoms. The Balaban J connectivity index is 1.40. The molecule has 0 saturated carbocycles. The van der Waals surface area contributed by atoms with Gasteiger partial charge in [-0.1, -0.05) is 42.1 Å². The van der Waals surface area contributed by atoms with Crippen molar-refractivity contribution in [1.82, 2.24) is 15.5 Å². The molecule has 6 nitrogen and oxygen atoms in total. The Morgan fingerprint density at radius 2 is 2.00 bits per heavy atom. The van der Waals surface area contributed by atoms with E-state index in [0.29, 0.717) is 24.3 Å². The maximum absolute atomic E-state index is 11.9. The minimum absolute atomic E-state index is 0.108. The van der Waals surface area contributed by atoms with Crippen molar-refractivity contribution in [2.24, 2.45) is 0 Å². The van der Waals surface area contributed by atoms with Crippen LogP contribution < -0.4 is 10.1 Å². The van der Waals surface area contributed by atoms with Crippen LogP contribution >= 0.6 is 11.8 Å². The quantitative estimate of drug-likeness (QED) is 0.473. The van der Waals surface area contributed by atoms with Gasteiger partial charge in [-0.2, -0.15) is 0 Å². The van der Waals surface area contributed by atoms with Gasteiger partial charge in [0.05, 0.1) is 12.3 Å². The molecule has 0 atom stereocenters. The number of benzene rings is 2. The van der Waals surface area contributed by atoms with Gasteiger partial charge in [0.15, 0.2) is 0 Å². The molecule has 3 rings (SSSR count). The van der Waals surface area contributed by atoms with E-state index in [1.54, 1.807) is 0 Å². The average Bonchev–Trinajstić information content (AvgIpc) is 3.13. The van der Waals surface area contributed by atoms with Crippen LogP contribution in [0.25, 0.3) is 11.5 Å². The maximum atomic E-state index is 11.9. The Morgan fingerprint density at radius 1 is 1.15 bits per heavy atom. The predicted octanol–water partition coefficient (Wildman–Crippen LogP) is 3.64. The largest absolute Gasteiger partial charge is 0.492 e. The fraction of sp³-hybridized carbons (Fsp3) is 0.250. The molecule has 1 heterocycles. The summed E-state index contributed by atoms with van der Waals surface area (Å²) in [5.41, 5.74) is 3.09. The van der Waals surface area contributed by atoms with E-state index in [4.69, 9.17) is 9.15 Å². The van der Waals surface area contributed by atoms with Crippen molar-refractivity contribution in [2.75, 3.05) is 18.9 Å². The summed E-state index contributed by atoms with van der Waals surface area (Å²) in [4.78, 5) is 11.9. The zero-order chi connectivity index (χ0) is 19.1. The number of hydrogen-bond donors (Lipinski definition) is 1. The van der Waals surface area contributed by atoms with E-state index in [1.807, 2.05) is 62.4 Å². The lowest BCUT2D eigenvalue weighted by molar-refractivity contribution is -0.118. The normalized spacial score (nSPS) is 10.6. The number of ether oxygens (including phenoxy) is 1. The van der Waals surface area contributed by atoms with Gasteiger partial charge in [0, 0.05) is 5.56 Å². The molecule has 0 saturated heterocycles. The zero-order valence-corrected chi connectivity index (χ0v) is 16.1. The Morgan fingerprint density at radius 3 is 2.81 bits per heavy atom. The van der Waals surface area contributed by atoms with Gasteiger partial charge in [0.2, 0.25) is 11.8 Å². The molecule has 1 amide bonds. The van der Waals surface area contributed by atoms with Crippen LogP contribution in [-0.2, 0) is 4.79 Å². The lowest BCUT2D eigenvalue weighted by Crippen LogP contribution is -2.29. The second-order valence-corrected chi connectivity index (χ2v) is 6.92. The fourth-order valence-corrected chi connectivity index (χ4v) is 3.03. The third kappa shape index (κ3) is 5.59. The Hall–Kier alpha value is -2.80. The van der Waals surface area contributed by atoms with Gasteiger partial charge in [-0.05, 0) is 43.2 Å². The molecular formula is C20H21N3O3S. The van der Waals surface area contributed by atoms with Crippen LogP contribution in [-0.4, -0.2) is 35.0 Å². The number of carbonyl (C=O) groups is 1. The van der Waals surface area contributed by atoms with Gasteiger partial charge in [-0.15, -0.1) is 10.2 Å². The number of aryl methyl sites for hydroxylation is 2. The molecule has 140 valence electrons. The Bertz CT molecular complexity index is 911. The number of carbonyl (C=O) groups excluding carboxylic acids is 1. The molecule has 2 aromatic carbocycles. The van der Waals surface area contributed by atoms with Crippen molar-refractivity contribution in [3.63, 3.8) is 0 Å². The second-order valence-electron chi connectivity index (χ2n) is 5.99. The van der Waals surface area contributed by atoms with E-state index < -0.39 is 0 Å². The molecular weight excluding hydrogens is 362 g/mol. The highest BCUT2D eigenvalue weighted by molar-refractivity contribution is 7.99. The Kier molecular flexibility index (Phi) is 6.49. The standard InChI is InChI=1S/C20H21N3O3S/c1-14-6-5-8-16(12-14)25-11-10-21-18(24)13-27-20-23-22-19(26-20)17-9-4-3-7-15(17)2/h3-9,12H,10-11,13H2,1-2H3,(H,21,24). The van der Waals surface area contributed by atoms with E-state index in [9.17, 15) is 4.79 Å². The smallest absolute Gasteiger partial charge is 0.277 e. The third-order valence-electron chi connectivity index (χ3n) is 3.79. The number of rotatable bonds is 8. The summed E-state index contributed by atoms with van der Waals surface area (Å²) in [6.45, 7) is 4.84. The van der Waals surface area contributed by atoms with Gasteiger partial charge in [0.25, 0.3) is 5.22 Å². The first-order chi connectivity index (χ1) is 13.1. The van der Waals surface area contributed by atoms with E-state index in [0.717, 1.165) is 22.4 Å². The number of thioether (sulfide) groups is 1. The van der Waals surface area contributed by atoms with E-state index in [1.165, 1.54) is 11.8 Å². The van der Waals surface area contributed by atoms with Crippen molar-refractivity contribution >= 4 is 17.7 Å². The molecule has 0 fully saturated rings. The molecule has 1 aromatic heterocycles. The molecule has 0 aliphatic rings. The molecule has 27 heavy (non-hydrogen) atoms. The van der Waals surface area contributed by atoms with Crippen LogP contribution in [0, 0.1) is 13.8 Å². The first-order valence-electron chi connectivity index (χ1n) is 8.60. The molecule has 0 unspecified atom stereocenters. The van der Waals surface area contributed by atoms with Gasteiger partial charge in [-0.3, -0.25) is 4.79 Å². The van der Waals surface area contributed by atoms with Gasteiger partial charge in [-0.25, -0.2) is 0 Å². The van der Waals surface area contributed by atoms with E-state index in [2.05, 4.69) is 15.5 Å². The van der Waals surface area contributed by atoms with E-state index >= 15 is 0 Å². The van der Waals surface area contributed by atoms with Crippen LogP contribution in [0.1, 0.15) is 11.1 Å². The number of nitrogens with zero attached hydrogens (tertiary/aromatic N) is 2. The number of aromatic nitrogens is 2. The molecule has 1 N–H and O–H groups in total. The highest BCUT2D eigenvalue weighted by atomic mass is 32.2. The van der Waals surface area contributed by atoms with Gasteiger partial charge < -0.3 is 14.5 Å². The first-order valence-corrected chi connectivity index (χ1v) is 9.59. The summed E-state index contributed by atoms with van der Waals surface area (Å²) in [7, 11) is 0. The van der Waals surface area contributed by atoms with Crippen molar-refractivity contribution in [3.05, 3.63) is 59.7 Å². The summed E-state index contributed by atoms with van der Waals surface area (Å²) in [6.07, 6.45) is 0. The second kappa shape index (κ2) is 9.23. The summed E-state index contributed by atoms with van der Waals surface area (Å²) >= 11 is 1.21. The molecule has 0 radical (unpaired) electrons. The molecule has 0 bridgehead atoms. The van der Waals surface area contributed by atoms with Crippen LogP contribution in [0.2, 0.25) is 0 Å². The summed E-state index contributed by atoms with van der Waals surface area (Å²) in [6, 6.07) is 15.6. The van der Waals surface area contributed by atoms with E-state index in [-0.39, 0.29) is 11.7 Å². The van der Waals surface area contributed by atoms with Crippen LogP contribution in [0.15, 0.2) is 58.2 Å². The number of amides is 1. The minimum Gasteiger partial charge on any atom is -0.492 e. The minimum atomic E-state index is -0.108. The molecule has 0 aliphatic heterocycles. The number of nitrogens with one attached hydrogen (secondary N) is 1. The lowest BCUT2D eigenvalue weighted by Gasteiger charge is -2.07. The average molecular weight is 383 g/mol. The molecule has 7 heteroatoms. The zero-order valence-electron chi connectivity index (χ0n) is 15.3. The van der Waals surface area contributed by atoms with Gasteiger partial charge in [0.1, 0.15) is 12.4 Å². The lowest BCUT2D eigenvalue weighted by atomic mass is 10.1. The first kappa shape index (κ1) is 19.0. The van der Waals surface area contributed by atoms with Crippen molar-refractivity contribution in [3.8, 4) is 17.2 Å². The monoisotopic (exact) mass is 383 g/mol. The van der Waals surface area contributed by atoms with Crippen LogP contribution in [0.3, 0.4) is 0 Å². The molecule has 0 aliphatic carbocycles. The third-order valence-corrected chi connectivity index (χ3v) is 4.61. The maximum Gasteiger partial charge on any atom is 0.277 e. The summed E-state index contributed by atoms with van der Waals surface area (Å²) in [5.74, 6) is 1.36. The van der Waals surface area contributed by atoms with Gasteiger partial charge >= 0.3 is 0 Å². The van der Waals surface area contributed by atoms with Crippen molar-refractivity contribution < 1.29 is 13.9 Å². The highest BCUT2D eigenvalue weighted by Crippen LogP contribution is 2.25. The highest BCUT2D eigenvalue weighted by Gasteiger charge is 2.12. The number of hydrogen-bond acceptors (Lipinski definition) is 6. The Labute approximate surface area is 162 Å². The topological polar surface area (TPSA) is 77.2 Å². The van der Waals surface area contributed by atoms with Crippen molar-refractivity contribution in [1.29, 1.82) is 0 Å². The summed E-state index contributed by atoms with van der Waals surface area (Å²) < 4.78 is 11.2. The molecule has 3 aromatic rings. The predicted molar refractivity (Wildman–Crippen MR) is 105 cm³/mol. The van der Waals surface area contributed by atoms with Crippen LogP contribution in [0.4, 0.5) is 0 Å².